The highest BCUT2D eigenvalue weighted by Crippen LogP contribution is 2.28. The van der Waals surface area contributed by atoms with Crippen molar-refractivity contribution in [2.45, 2.75) is 33.4 Å². The van der Waals surface area contributed by atoms with E-state index in [0.29, 0.717) is 19.3 Å². The smallest absolute Gasteiger partial charge is 0.124 e. The summed E-state index contributed by atoms with van der Waals surface area (Å²) in [5.41, 5.74) is 1.22. The molecule has 2 rings (SSSR count). The minimum Gasteiger partial charge on any atom is -0.491 e. The average molecular weight is 287 g/mol. The summed E-state index contributed by atoms with van der Waals surface area (Å²) in [5, 5.41) is 5.98. The highest BCUT2D eigenvalue weighted by atomic mass is 16.5. The van der Waals surface area contributed by atoms with Gasteiger partial charge in [0.15, 0.2) is 0 Å². The van der Waals surface area contributed by atoms with E-state index in [0.717, 1.165) is 18.9 Å². The van der Waals surface area contributed by atoms with E-state index < -0.39 is 0 Å². The summed E-state index contributed by atoms with van der Waals surface area (Å²) in [6.45, 7) is 9.04. The van der Waals surface area contributed by atoms with E-state index >= 15 is 0 Å². The van der Waals surface area contributed by atoms with Crippen LogP contribution in [0.3, 0.4) is 0 Å². The van der Waals surface area contributed by atoms with Crippen LogP contribution in [0.1, 0.15) is 26.3 Å². The molecule has 114 valence electrons. The van der Waals surface area contributed by atoms with Crippen LogP contribution in [0, 0.1) is 0 Å². The topological polar surface area (TPSA) is 30.5 Å². The van der Waals surface area contributed by atoms with Crippen LogP contribution < -0.4 is 10.1 Å². The molecular weight excluding hydrogens is 262 g/mol. The Morgan fingerprint density at radius 1 is 1.05 bits per heavy atom. The van der Waals surface area contributed by atoms with Crippen molar-refractivity contribution in [1.82, 2.24) is 5.32 Å². The average Bonchev–Trinajstić information content (AvgIpc) is 2.49. The number of rotatable bonds is 8. The Labute approximate surface area is 127 Å². The Bertz CT molecular complexity index is 566. The Morgan fingerprint density at radius 3 is 2.62 bits per heavy atom. The summed E-state index contributed by atoms with van der Waals surface area (Å²) in [4.78, 5) is 0. The minimum atomic E-state index is 0.445. The molecule has 2 aromatic rings. The first-order valence-electron chi connectivity index (χ1n) is 7.67. The molecule has 0 bridgehead atoms. The number of hydrogen-bond donors (Lipinski definition) is 1. The van der Waals surface area contributed by atoms with Crippen LogP contribution in [0.2, 0.25) is 0 Å². The zero-order chi connectivity index (χ0) is 15.1. The molecule has 0 unspecified atom stereocenters. The lowest BCUT2D eigenvalue weighted by atomic mass is 10.0. The molecular formula is C18H25NO2. The molecule has 0 saturated heterocycles. The van der Waals surface area contributed by atoms with Crippen molar-refractivity contribution in [2.24, 2.45) is 0 Å². The molecule has 0 fully saturated rings. The van der Waals surface area contributed by atoms with Gasteiger partial charge in [0.2, 0.25) is 0 Å². The van der Waals surface area contributed by atoms with Crippen molar-refractivity contribution in [3.8, 4) is 5.75 Å². The molecule has 0 saturated carbocycles. The Hall–Kier alpha value is -1.58. The third-order valence-corrected chi connectivity index (χ3v) is 3.37. The largest absolute Gasteiger partial charge is 0.491 e. The van der Waals surface area contributed by atoms with Crippen LogP contribution in [0.15, 0.2) is 36.4 Å². The molecule has 3 nitrogen and oxygen atoms in total. The van der Waals surface area contributed by atoms with Crippen molar-refractivity contribution >= 4 is 10.8 Å². The van der Waals surface area contributed by atoms with Crippen molar-refractivity contribution in [1.29, 1.82) is 0 Å². The van der Waals surface area contributed by atoms with Gasteiger partial charge in [-0.25, -0.2) is 0 Å². The lowest BCUT2D eigenvalue weighted by molar-refractivity contribution is 0.110. The molecule has 0 amide bonds. The van der Waals surface area contributed by atoms with E-state index in [9.17, 15) is 0 Å². The van der Waals surface area contributed by atoms with Crippen molar-refractivity contribution < 1.29 is 9.47 Å². The van der Waals surface area contributed by atoms with E-state index in [-0.39, 0.29) is 0 Å². The van der Waals surface area contributed by atoms with Gasteiger partial charge in [-0.2, -0.15) is 0 Å². The second kappa shape index (κ2) is 8.01. The normalized spacial score (nSPS) is 11.2. The maximum atomic E-state index is 5.91. The fourth-order valence-electron chi connectivity index (χ4n) is 2.29. The highest BCUT2D eigenvalue weighted by molar-refractivity contribution is 5.87. The minimum absolute atomic E-state index is 0.445. The third-order valence-electron chi connectivity index (χ3n) is 3.37. The summed E-state index contributed by atoms with van der Waals surface area (Å²) in [7, 11) is 0. The van der Waals surface area contributed by atoms with E-state index in [1.807, 2.05) is 6.92 Å². The highest BCUT2D eigenvalue weighted by Gasteiger charge is 2.09. The Balaban J connectivity index is 2.23. The Morgan fingerprint density at radius 2 is 1.86 bits per heavy atom. The van der Waals surface area contributed by atoms with Crippen molar-refractivity contribution in [3.05, 3.63) is 42.0 Å². The Kier molecular flexibility index (Phi) is 6.03. The molecule has 0 aliphatic heterocycles. The zero-order valence-electron chi connectivity index (χ0n) is 13.2. The summed E-state index contributed by atoms with van der Waals surface area (Å²) < 4.78 is 11.3. The van der Waals surface area contributed by atoms with Gasteiger partial charge in [0.05, 0.1) is 6.61 Å². The summed E-state index contributed by atoms with van der Waals surface area (Å²) in [5.74, 6) is 0.946. The second-order valence-corrected chi connectivity index (χ2v) is 5.34. The quantitative estimate of drug-likeness (QED) is 0.750. The molecule has 21 heavy (non-hydrogen) atoms. The van der Waals surface area contributed by atoms with Crippen LogP contribution in [0.5, 0.6) is 5.75 Å². The predicted molar refractivity (Wildman–Crippen MR) is 87.9 cm³/mol. The van der Waals surface area contributed by atoms with Gasteiger partial charge in [0, 0.05) is 24.8 Å². The van der Waals surface area contributed by atoms with Crippen molar-refractivity contribution in [2.75, 3.05) is 19.8 Å². The number of nitrogens with one attached hydrogen (secondary N) is 1. The first-order chi connectivity index (χ1) is 10.2. The van der Waals surface area contributed by atoms with Gasteiger partial charge >= 0.3 is 0 Å². The monoisotopic (exact) mass is 287 g/mol. The zero-order valence-corrected chi connectivity index (χ0v) is 13.2. The number of benzene rings is 2. The molecule has 0 aliphatic rings. The van der Waals surface area contributed by atoms with Crippen LogP contribution in [0.25, 0.3) is 10.8 Å². The maximum Gasteiger partial charge on any atom is 0.124 e. The van der Waals surface area contributed by atoms with Gasteiger partial charge in [-0.3, -0.25) is 0 Å². The lowest BCUT2D eigenvalue weighted by Crippen LogP contribution is -2.22. The van der Waals surface area contributed by atoms with Gasteiger partial charge in [0.25, 0.3) is 0 Å². The van der Waals surface area contributed by atoms with Crippen LogP contribution in [-0.2, 0) is 11.3 Å². The molecule has 0 atom stereocenters. The molecule has 1 N–H and O–H groups in total. The summed E-state index contributed by atoms with van der Waals surface area (Å²) in [6, 6.07) is 13.1. The van der Waals surface area contributed by atoms with E-state index in [2.05, 4.69) is 55.6 Å². The number of ether oxygens (including phenoxy) is 2. The van der Waals surface area contributed by atoms with Crippen LogP contribution in [-0.4, -0.2) is 25.9 Å². The number of fused-ring (bicyclic) bond motifs is 1. The molecule has 0 heterocycles. The van der Waals surface area contributed by atoms with Crippen LogP contribution in [0.4, 0.5) is 0 Å². The molecule has 0 radical (unpaired) electrons. The van der Waals surface area contributed by atoms with Gasteiger partial charge in [-0.1, -0.05) is 44.2 Å². The fourth-order valence-corrected chi connectivity index (χ4v) is 2.29. The SMILES string of the molecule is CCOCCOc1ccc2ccccc2c1CNC(C)C. The summed E-state index contributed by atoms with van der Waals surface area (Å²) >= 11 is 0. The van der Waals surface area contributed by atoms with E-state index in [1.165, 1.54) is 16.3 Å². The lowest BCUT2D eigenvalue weighted by Gasteiger charge is -2.16. The molecule has 0 aliphatic carbocycles. The third kappa shape index (κ3) is 4.45. The van der Waals surface area contributed by atoms with Gasteiger partial charge < -0.3 is 14.8 Å². The fraction of sp³-hybridized carbons (Fsp3) is 0.444. The number of hydrogen-bond acceptors (Lipinski definition) is 3. The van der Waals surface area contributed by atoms with Crippen molar-refractivity contribution in [3.63, 3.8) is 0 Å². The predicted octanol–water partition coefficient (Wildman–Crippen LogP) is 3.75. The second-order valence-electron chi connectivity index (χ2n) is 5.34. The van der Waals surface area contributed by atoms with Gasteiger partial charge in [0.1, 0.15) is 12.4 Å². The first kappa shape index (κ1) is 15.8. The van der Waals surface area contributed by atoms with Gasteiger partial charge in [-0.15, -0.1) is 0 Å². The summed E-state index contributed by atoms with van der Waals surface area (Å²) in [6.07, 6.45) is 0. The van der Waals surface area contributed by atoms with Crippen LogP contribution >= 0.6 is 0 Å². The van der Waals surface area contributed by atoms with E-state index in [4.69, 9.17) is 9.47 Å². The molecule has 2 aromatic carbocycles. The molecule has 0 aromatic heterocycles. The molecule has 0 spiro atoms. The van der Waals surface area contributed by atoms with E-state index in [1.54, 1.807) is 0 Å². The molecule has 3 heteroatoms. The van der Waals surface area contributed by atoms with Gasteiger partial charge in [-0.05, 0) is 23.8 Å². The maximum absolute atomic E-state index is 5.91. The standard InChI is InChI=1S/C18H25NO2/c1-4-20-11-12-21-18-10-9-15-7-5-6-8-16(15)17(18)13-19-14(2)3/h5-10,14,19H,4,11-13H2,1-3H3. The first-order valence-corrected chi connectivity index (χ1v) is 7.67.